The predicted octanol–water partition coefficient (Wildman–Crippen LogP) is 4.44. The molecule has 10 heteroatoms. The maximum Gasteiger partial charge on any atom is 0.238 e. The van der Waals surface area contributed by atoms with Crippen molar-refractivity contribution in [1.29, 1.82) is 0 Å². The van der Waals surface area contributed by atoms with Gasteiger partial charge in [-0.1, -0.05) is 43.3 Å². The number of amides is 1. The summed E-state index contributed by atoms with van der Waals surface area (Å²) in [6.45, 7) is 7.53. The van der Waals surface area contributed by atoms with Crippen molar-refractivity contribution < 1.29 is 32.7 Å². The first-order valence-electron chi connectivity index (χ1n) is 12.6. The number of nitrogens with zero attached hydrogens (tertiary/aromatic N) is 2. The lowest BCUT2D eigenvalue weighted by molar-refractivity contribution is -0.131. The Balaban J connectivity index is 1.48. The Bertz CT molecular complexity index is 1260. The molecule has 3 N–H and O–H groups in total. The van der Waals surface area contributed by atoms with E-state index < -0.39 is 47.8 Å². The average Bonchev–Trinajstić information content (AvgIpc) is 3.44. The van der Waals surface area contributed by atoms with E-state index in [0.29, 0.717) is 29.2 Å². The summed E-state index contributed by atoms with van der Waals surface area (Å²) < 4.78 is 47.0. The van der Waals surface area contributed by atoms with Gasteiger partial charge in [0.15, 0.2) is 0 Å². The van der Waals surface area contributed by atoms with Crippen molar-refractivity contribution in [3.8, 4) is 11.1 Å². The third-order valence-corrected chi connectivity index (χ3v) is 7.04. The second kappa shape index (κ2) is 11.3. The van der Waals surface area contributed by atoms with E-state index in [1.54, 1.807) is 36.9 Å². The molecule has 1 aliphatic rings. The molecule has 0 bridgehead atoms. The number of carbonyl (C=O) groups excluding carboxylic acids is 1. The zero-order valence-electron chi connectivity index (χ0n) is 21.7. The number of aromatic nitrogens is 1. The number of likely N-dealkylation sites (tertiary alicyclic amines) is 1. The summed E-state index contributed by atoms with van der Waals surface area (Å²) in [5.74, 6) is -3.37. The highest BCUT2D eigenvalue weighted by Crippen LogP contribution is 2.34. The summed E-state index contributed by atoms with van der Waals surface area (Å²) in [6.07, 6.45) is -1.73. The van der Waals surface area contributed by atoms with Gasteiger partial charge in [-0.3, -0.25) is 9.69 Å². The van der Waals surface area contributed by atoms with Gasteiger partial charge in [0.05, 0.1) is 35.4 Å². The molecule has 0 radical (unpaired) electrons. The van der Waals surface area contributed by atoms with Crippen molar-refractivity contribution in [2.75, 3.05) is 6.54 Å². The van der Waals surface area contributed by atoms with Crippen LogP contribution >= 0.6 is 0 Å². The number of halogens is 3. The van der Waals surface area contributed by atoms with Crippen LogP contribution in [0.1, 0.15) is 56.2 Å². The second-order valence-corrected chi connectivity index (χ2v) is 10.3. The fourth-order valence-corrected chi connectivity index (χ4v) is 5.10. The predicted molar refractivity (Wildman–Crippen MR) is 134 cm³/mol. The largest absolute Gasteiger partial charge is 0.392 e. The number of hydrogen-bond acceptors (Lipinski definition) is 6. The zero-order chi connectivity index (χ0) is 27.7. The summed E-state index contributed by atoms with van der Waals surface area (Å²) in [6, 6.07) is 7.99. The zero-order valence-corrected chi connectivity index (χ0v) is 21.7. The summed E-state index contributed by atoms with van der Waals surface area (Å²) in [7, 11) is 0. The Labute approximate surface area is 219 Å². The molecule has 7 nitrogen and oxygen atoms in total. The summed E-state index contributed by atoms with van der Waals surface area (Å²) in [5.41, 5.74) is 1.25. The number of aliphatic hydroxyl groups is 2. The van der Waals surface area contributed by atoms with Gasteiger partial charge in [-0.2, -0.15) is 0 Å². The van der Waals surface area contributed by atoms with Crippen LogP contribution in [-0.2, 0) is 4.79 Å². The quantitative estimate of drug-likeness (QED) is 0.398. The summed E-state index contributed by atoms with van der Waals surface area (Å²) in [4.78, 5) is 14.9. The molecule has 1 aromatic heterocycles. The van der Waals surface area contributed by atoms with E-state index in [2.05, 4.69) is 10.5 Å². The molecule has 3 aromatic rings. The summed E-state index contributed by atoms with van der Waals surface area (Å²) in [5, 5.41) is 28.5. The van der Waals surface area contributed by atoms with Crippen molar-refractivity contribution in [2.45, 2.75) is 64.4 Å². The number of rotatable bonds is 8. The fourth-order valence-electron chi connectivity index (χ4n) is 5.10. The topological polar surface area (TPSA) is 98.8 Å². The Morgan fingerprint density at radius 2 is 1.74 bits per heavy atom. The first kappa shape index (κ1) is 27.8. The van der Waals surface area contributed by atoms with Crippen LogP contribution in [-0.4, -0.2) is 51.1 Å². The number of aryl methyl sites for hydroxylation is 1. The highest BCUT2D eigenvalue weighted by atomic mass is 19.1. The molecule has 0 aliphatic carbocycles. The van der Waals surface area contributed by atoms with Gasteiger partial charge in [0.1, 0.15) is 29.4 Å². The van der Waals surface area contributed by atoms with E-state index in [1.807, 2.05) is 13.8 Å². The van der Waals surface area contributed by atoms with Crippen LogP contribution in [0.5, 0.6) is 0 Å². The molecule has 0 spiro atoms. The van der Waals surface area contributed by atoms with Crippen molar-refractivity contribution >= 4 is 5.91 Å². The first-order chi connectivity index (χ1) is 18.0. The van der Waals surface area contributed by atoms with Crippen molar-refractivity contribution in [2.24, 2.45) is 5.92 Å². The van der Waals surface area contributed by atoms with Crippen LogP contribution in [0.2, 0.25) is 0 Å². The maximum absolute atomic E-state index is 14.2. The standard InChI is InChI=1S/C28H32F3N3O4/c1-14(2)25(24-9-15(3)33-38-24)28(37)34-13-20(35)12-23(34)27(36)32-16(4)17-5-7-18(8-6-17)26-21(30)10-19(29)11-22(26)31/h5-11,14,16,20,23,25,28,35,37H,12-13H2,1-4H3,(H,32,36)/t16-,20+,23-,25+,28?/m0/s1. The van der Waals surface area contributed by atoms with Gasteiger partial charge in [0.2, 0.25) is 5.91 Å². The number of nitrogens with one attached hydrogen (secondary N) is 1. The number of β-amino-alcohol motifs (C(OH)–C–C–N with tert-alkyl or cyclic N) is 1. The Morgan fingerprint density at radius 1 is 1.11 bits per heavy atom. The van der Waals surface area contributed by atoms with Crippen molar-refractivity contribution in [3.63, 3.8) is 0 Å². The number of aliphatic hydroxyl groups excluding tert-OH is 2. The molecule has 2 heterocycles. The van der Waals surface area contributed by atoms with Crippen molar-refractivity contribution in [1.82, 2.24) is 15.4 Å². The van der Waals surface area contributed by atoms with Crippen molar-refractivity contribution in [3.05, 3.63) is 76.9 Å². The Kier molecular flexibility index (Phi) is 8.25. The monoisotopic (exact) mass is 531 g/mol. The molecule has 1 fully saturated rings. The lowest BCUT2D eigenvalue weighted by Crippen LogP contribution is -2.50. The van der Waals surface area contributed by atoms with Gasteiger partial charge in [0, 0.05) is 24.7 Å². The normalized spacial score (nSPS) is 20.5. The highest BCUT2D eigenvalue weighted by molar-refractivity contribution is 5.82. The summed E-state index contributed by atoms with van der Waals surface area (Å²) >= 11 is 0. The van der Waals surface area contributed by atoms with Crippen LogP contribution in [0, 0.1) is 30.3 Å². The van der Waals surface area contributed by atoms with Gasteiger partial charge < -0.3 is 20.1 Å². The van der Waals surface area contributed by atoms with Gasteiger partial charge in [0.25, 0.3) is 0 Å². The maximum atomic E-state index is 14.2. The molecule has 204 valence electrons. The van der Waals surface area contributed by atoms with Gasteiger partial charge in [-0.05, 0) is 37.3 Å². The van der Waals surface area contributed by atoms with E-state index in [9.17, 15) is 28.2 Å². The van der Waals surface area contributed by atoms with E-state index in [1.165, 1.54) is 12.1 Å². The molecule has 1 saturated heterocycles. The third kappa shape index (κ3) is 5.77. The fraction of sp³-hybridized carbons (Fsp3) is 0.429. The molecule has 0 saturated carbocycles. The van der Waals surface area contributed by atoms with Crippen LogP contribution in [0.3, 0.4) is 0 Å². The van der Waals surface area contributed by atoms with E-state index >= 15 is 0 Å². The van der Waals surface area contributed by atoms with Gasteiger partial charge in [-0.25, -0.2) is 13.2 Å². The Hall–Kier alpha value is -3.21. The van der Waals surface area contributed by atoms with Crippen LogP contribution in [0.15, 0.2) is 47.0 Å². The molecular weight excluding hydrogens is 499 g/mol. The molecule has 2 aromatic carbocycles. The minimum Gasteiger partial charge on any atom is -0.392 e. The number of benzene rings is 2. The number of carbonyl (C=O) groups is 1. The smallest absolute Gasteiger partial charge is 0.238 e. The molecule has 1 unspecified atom stereocenters. The first-order valence-corrected chi connectivity index (χ1v) is 12.6. The van der Waals surface area contributed by atoms with Gasteiger partial charge in [-0.15, -0.1) is 0 Å². The Morgan fingerprint density at radius 3 is 2.29 bits per heavy atom. The van der Waals surface area contributed by atoms with E-state index in [-0.39, 0.29) is 35.9 Å². The van der Waals surface area contributed by atoms with Crippen LogP contribution in [0.25, 0.3) is 11.1 Å². The minimum atomic E-state index is -1.09. The van der Waals surface area contributed by atoms with E-state index in [4.69, 9.17) is 4.52 Å². The van der Waals surface area contributed by atoms with E-state index in [0.717, 1.165) is 0 Å². The lowest BCUT2D eigenvalue weighted by Gasteiger charge is -2.34. The third-order valence-electron chi connectivity index (χ3n) is 7.04. The highest BCUT2D eigenvalue weighted by Gasteiger charge is 2.44. The second-order valence-electron chi connectivity index (χ2n) is 10.3. The molecule has 4 rings (SSSR count). The lowest BCUT2D eigenvalue weighted by atomic mass is 9.90. The number of hydrogen-bond donors (Lipinski definition) is 3. The molecule has 1 aliphatic heterocycles. The molecule has 38 heavy (non-hydrogen) atoms. The van der Waals surface area contributed by atoms with Gasteiger partial charge >= 0.3 is 0 Å². The van der Waals surface area contributed by atoms with Crippen LogP contribution < -0.4 is 5.32 Å². The average molecular weight is 532 g/mol. The minimum absolute atomic E-state index is 0.0352. The van der Waals surface area contributed by atoms with Crippen LogP contribution in [0.4, 0.5) is 13.2 Å². The molecular formula is C28H32F3N3O4. The molecule has 5 atom stereocenters. The molecule has 1 amide bonds. The SMILES string of the molecule is Cc1cc([C@@H](C(C)C)C(O)N2C[C@H](O)C[C@H]2C(=O)N[C@@H](C)c2ccc(-c3c(F)cc(F)cc3F)cc2)on1.